The number of aliphatic hydroxyl groups is 1. The van der Waals surface area contributed by atoms with Crippen molar-refractivity contribution in [3.8, 4) is 5.88 Å². The van der Waals surface area contributed by atoms with E-state index in [0.717, 1.165) is 0 Å². The maximum absolute atomic E-state index is 9.95. The maximum atomic E-state index is 9.95. The molecule has 0 amide bonds. The highest BCUT2D eigenvalue weighted by molar-refractivity contribution is 7.18. The van der Waals surface area contributed by atoms with E-state index in [4.69, 9.17) is 10.5 Å². The molecule has 0 aliphatic rings. The van der Waals surface area contributed by atoms with Crippen LogP contribution in [-0.2, 0) is 0 Å². The first-order valence-electron chi connectivity index (χ1n) is 5.21. The van der Waals surface area contributed by atoms with Gasteiger partial charge in [-0.3, -0.25) is 0 Å². The van der Waals surface area contributed by atoms with Gasteiger partial charge < -0.3 is 20.9 Å². The van der Waals surface area contributed by atoms with Gasteiger partial charge in [-0.25, -0.2) is 4.98 Å². The number of nitrogens with one attached hydrogen (secondary N) is 1. The van der Waals surface area contributed by atoms with Crippen molar-refractivity contribution in [1.82, 2.24) is 15.2 Å². The van der Waals surface area contributed by atoms with Crippen LogP contribution in [0.3, 0.4) is 0 Å². The number of rotatable bonds is 5. The number of hydrogen-bond acceptors (Lipinski definition) is 8. The Morgan fingerprint density at radius 1 is 1.50 bits per heavy atom. The zero-order valence-electron chi connectivity index (χ0n) is 9.70. The predicted molar refractivity (Wildman–Crippen MR) is 68.6 cm³/mol. The van der Waals surface area contributed by atoms with Gasteiger partial charge in [-0.05, 0) is 6.07 Å². The van der Waals surface area contributed by atoms with E-state index in [1.807, 2.05) is 0 Å². The van der Waals surface area contributed by atoms with Gasteiger partial charge >= 0.3 is 0 Å². The fourth-order valence-electron chi connectivity index (χ4n) is 1.32. The molecule has 0 radical (unpaired) electrons. The molecule has 8 heteroatoms. The second-order valence-corrected chi connectivity index (χ2v) is 4.46. The summed E-state index contributed by atoms with van der Waals surface area (Å²) in [5.74, 6) is 0.465. The van der Waals surface area contributed by atoms with Crippen LogP contribution in [0.15, 0.2) is 18.2 Å². The Kier molecular flexibility index (Phi) is 3.90. The first kappa shape index (κ1) is 12.5. The summed E-state index contributed by atoms with van der Waals surface area (Å²) in [6, 6.07) is 5.21. The van der Waals surface area contributed by atoms with Crippen molar-refractivity contribution in [1.29, 1.82) is 0 Å². The van der Waals surface area contributed by atoms with Crippen LogP contribution in [0.5, 0.6) is 5.88 Å². The SMILES string of the molecule is COc1cccc(C(O)CNc2nnc(N)s2)n1. The lowest BCUT2D eigenvalue weighted by atomic mass is 10.2. The Hall–Kier alpha value is -1.93. The van der Waals surface area contributed by atoms with Crippen LogP contribution in [0, 0.1) is 0 Å². The van der Waals surface area contributed by atoms with Gasteiger partial charge in [-0.2, -0.15) is 0 Å². The van der Waals surface area contributed by atoms with Crippen LogP contribution in [-0.4, -0.2) is 33.9 Å². The molecule has 0 saturated heterocycles. The lowest BCUT2D eigenvalue weighted by Gasteiger charge is -2.11. The first-order chi connectivity index (χ1) is 8.69. The van der Waals surface area contributed by atoms with E-state index >= 15 is 0 Å². The minimum atomic E-state index is -0.759. The van der Waals surface area contributed by atoms with Gasteiger partial charge in [0, 0.05) is 12.6 Å². The molecule has 0 bridgehead atoms. The van der Waals surface area contributed by atoms with Gasteiger partial charge in [0.1, 0.15) is 6.10 Å². The monoisotopic (exact) mass is 267 g/mol. The molecule has 4 N–H and O–H groups in total. The quantitative estimate of drug-likeness (QED) is 0.731. The number of anilines is 2. The summed E-state index contributed by atoms with van der Waals surface area (Å²) in [4.78, 5) is 4.14. The predicted octanol–water partition coefficient (Wildman–Crippen LogP) is 0.669. The molecule has 2 aromatic heterocycles. The number of nitrogens with zero attached hydrogens (tertiary/aromatic N) is 3. The highest BCUT2D eigenvalue weighted by atomic mass is 32.1. The molecule has 0 aliphatic carbocycles. The number of nitrogens with two attached hydrogens (primary N) is 1. The number of aliphatic hydroxyl groups excluding tert-OH is 1. The van der Waals surface area contributed by atoms with Gasteiger partial charge in [0.15, 0.2) is 0 Å². The number of nitrogen functional groups attached to an aromatic ring is 1. The molecule has 2 heterocycles. The molecule has 1 atom stereocenters. The van der Waals surface area contributed by atoms with E-state index in [-0.39, 0.29) is 6.54 Å². The van der Waals surface area contributed by atoms with E-state index in [2.05, 4.69) is 20.5 Å². The first-order valence-corrected chi connectivity index (χ1v) is 6.02. The average Bonchev–Trinajstić information content (AvgIpc) is 2.82. The lowest BCUT2D eigenvalue weighted by Crippen LogP contribution is -2.13. The van der Waals surface area contributed by atoms with Gasteiger partial charge in [-0.1, -0.05) is 17.4 Å². The third-order valence-electron chi connectivity index (χ3n) is 2.18. The van der Waals surface area contributed by atoms with Gasteiger partial charge in [-0.15, -0.1) is 10.2 Å². The third-order valence-corrected chi connectivity index (χ3v) is 2.89. The minimum absolute atomic E-state index is 0.273. The molecule has 2 rings (SSSR count). The fourth-order valence-corrected chi connectivity index (χ4v) is 1.84. The van der Waals surface area contributed by atoms with Crippen LogP contribution in [0.4, 0.5) is 10.3 Å². The van der Waals surface area contributed by atoms with E-state index in [0.29, 0.717) is 21.8 Å². The van der Waals surface area contributed by atoms with E-state index in [9.17, 15) is 5.11 Å². The van der Waals surface area contributed by atoms with Crippen molar-refractivity contribution >= 4 is 21.6 Å². The second kappa shape index (κ2) is 5.61. The Bertz CT molecular complexity index is 518. The summed E-state index contributed by atoms with van der Waals surface area (Å²) in [6.45, 7) is 0.273. The molecule has 2 aromatic rings. The van der Waals surface area contributed by atoms with E-state index < -0.39 is 6.10 Å². The second-order valence-electron chi connectivity index (χ2n) is 3.45. The fraction of sp³-hybridized carbons (Fsp3) is 0.300. The molecular weight excluding hydrogens is 254 g/mol. The molecule has 0 spiro atoms. The van der Waals surface area contributed by atoms with Crippen LogP contribution in [0.1, 0.15) is 11.8 Å². The number of methoxy groups -OCH3 is 1. The van der Waals surface area contributed by atoms with Gasteiger partial charge in [0.25, 0.3) is 0 Å². The normalized spacial score (nSPS) is 12.1. The van der Waals surface area contributed by atoms with Gasteiger partial charge in [0.05, 0.1) is 12.8 Å². The van der Waals surface area contributed by atoms with Gasteiger partial charge in [0.2, 0.25) is 16.1 Å². The number of hydrogen-bond donors (Lipinski definition) is 3. The largest absolute Gasteiger partial charge is 0.481 e. The highest BCUT2D eigenvalue weighted by Gasteiger charge is 2.11. The molecule has 0 aromatic carbocycles. The van der Waals surface area contributed by atoms with E-state index in [1.165, 1.54) is 18.4 Å². The Balaban J connectivity index is 1.96. The number of pyridine rings is 1. The molecular formula is C10H13N5O2S. The topological polar surface area (TPSA) is 106 Å². The van der Waals surface area contributed by atoms with E-state index in [1.54, 1.807) is 18.2 Å². The third kappa shape index (κ3) is 3.05. The molecule has 0 saturated carbocycles. The Morgan fingerprint density at radius 2 is 2.33 bits per heavy atom. The summed E-state index contributed by atoms with van der Waals surface area (Å²) in [5, 5.41) is 21.3. The van der Waals surface area contributed by atoms with Crippen molar-refractivity contribution in [2.45, 2.75) is 6.10 Å². The summed E-state index contributed by atoms with van der Waals surface area (Å²) in [5.41, 5.74) is 5.97. The lowest BCUT2D eigenvalue weighted by molar-refractivity contribution is 0.185. The summed E-state index contributed by atoms with van der Waals surface area (Å²) in [7, 11) is 1.53. The smallest absolute Gasteiger partial charge is 0.213 e. The summed E-state index contributed by atoms with van der Waals surface area (Å²) in [6.07, 6.45) is -0.759. The Labute approximate surface area is 108 Å². The zero-order valence-corrected chi connectivity index (χ0v) is 10.5. The van der Waals surface area contributed by atoms with Crippen LogP contribution >= 0.6 is 11.3 Å². The van der Waals surface area contributed by atoms with Crippen LogP contribution < -0.4 is 15.8 Å². The standard InChI is InChI=1S/C10H13N5O2S/c1-17-8-4-2-3-6(13-8)7(16)5-12-10-15-14-9(11)18-10/h2-4,7,16H,5H2,1H3,(H2,11,14)(H,12,15). The number of aromatic nitrogens is 3. The molecule has 1 unspecified atom stereocenters. The van der Waals surface area contributed by atoms with Crippen molar-refractivity contribution in [2.24, 2.45) is 0 Å². The molecule has 0 aliphatic heterocycles. The number of ether oxygens (including phenoxy) is 1. The van der Waals surface area contributed by atoms with Crippen LogP contribution in [0.25, 0.3) is 0 Å². The zero-order chi connectivity index (χ0) is 13.0. The van der Waals surface area contributed by atoms with Crippen molar-refractivity contribution in [3.63, 3.8) is 0 Å². The summed E-state index contributed by atoms with van der Waals surface area (Å²) >= 11 is 1.22. The van der Waals surface area contributed by atoms with Crippen LogP contribution in [0.2, 0.25) is 0 Å². The van der Waals surface area contributed by atoms with Crippen molar-refractivity contribution in [2.75, 3.05) is 24.7 Å². The average molecular weight is 267 g/mol. The molecule has 18 heavy (non-hydrogen) atoms. The summed E-state index contributed by atoms with van der Waals surface area (Å²) < 4.78 is 4.99. The molecule has 96 valence electrons. The molecule has 7 nitrogen and oxygen atoms in total. The van der Waals surface area contributed by atoms with Crippen molar-refractivity contribution in [3.05, 3.63) is 23.9 Å². The van der Waals surface area contributed by atoms with Crippen molar-refractivity contribution < 1.29 is 9.84 Å². The minimum Gasteiger partial charge on any atom is -0.481 e. The highest BCUT2D eigenvalue weighted by Crippen LogP contribution is 2.19. The molecule has 0 fully saturated rings. The Morgan fingerprint density at radius 3 is 3.00 bits per heavy atom. The maximum Gasteiger partial charge on any atom is 0.213 e.